The SMILES string of the molecule is O=C1CCC[C@]12CCNC2=O. The predicted molar refractivity (Wildman–Crippen MR) is 38.9 cm³/mol. The maximum absolute atomic E-state index is 11.3. The maximum Gasteiger partial charge on any atom is 0.233 e. The standard InChI is InChI=1S/C8H11NO2/c10-6-2-1-3-8(6)4-5-9-7(8)11/h1-5H2,(H,9,11)/t8-/m0/s1. The second kappa shape index (κ2) is 2.06. The van der Waals surface area contributed by atoms with Gasteiger partial charge in [0, 0.05) is 13.0 Å². The van der Waals surface area contributed by atoms with Crippen LogP contribution in [0.3, 0.4) is 0 Å². The Morgan fingerprint density at radius 3 is 2.55 bits per heavy atom. The highest BCUT2D eigenvalue weighted by molar-refractivity contribution is 6.08. The number of nitrogens with one attached hydrogen (secondary N) is 1. The van der Waals surface area contributed by atoms with Crippen molar-refractivity contribution in [3.63, 3.8) is 0 Å². The van der Waals surface area contributed by atoms with Crippen molar-refractivity contribution in [3.05, 3.63) is 0 Å². The number of carbonyl (C=O) groups excluding carboxylic acids is 2. The van der Waals surface area contributed by atoms with E-state index in [1.54, 1.807) is 0 Å². The van der Waals surface area contributed by atoms with Crippen LogP contribution in [0, 0.1) is 5.41 Å². The number of Topliss-reactive ketones (excluding diaryl/α,β-unsaturated/α-hetero) is 1. The number of ketones is 1. The summed E-state index contributed by atoms with van der Waals surface area (Å²) in [6.45, 7) is 0.685. The van der Waals surface area contributed by atoms with E-state index in [1.807, 2.05) is 0 Å². The van der Waals surface area contributed by atoms with Gasteiger partial charge in [0.25, 0.3) is 0 Å². The van der Waals surface area contributed by atoms with E-state index in [1.165, 1.54) is 0 Å². The maximum atomic E-state index is 11.3. The molecule has 2 fully saturated rings. The van der Waals surface area contributed by atoms with Crippen molar-refractivity contribution >= 4 is 11.7 Å². The van der Waals surface area contributed by atoms with Gasteiger partial charge in [0.1, 0.15) is 11.2 Å². The summed E-state index contributed by atoms with van der Waals surface area (Å²) in [4.78, 5) is 22.6. The van der Waals surface area contributed by atoms with Gasteiger partial charge in [-0.25, -0.2) is 0 Å². The van der Waals surface area contributed by atoms with Gasteiger partial charge in [-0.15, -0.1) is 0 Å². The highest BCUT2D eigenvalue weighted by Gasteiger charge is 2.50. The first kappa shape index (κ1) is 6.83. The first-order valence-corrected chi connectivity index (χ1v) is 4.07. The molecule has 1 spiro atoms. The van der Waals surface area contributed by atoms with Crippen molar-refractivity contribution in [1.29, 1.82) is 0 Å². The fraction of sp³-hybridized carbons (Fsp3) is 0.750. The zero-order chi connectivity index (χ0) is 7.90. The van der Waals surface area contributed by atoms with E-state index in [-0.39, 0.29) is 11.7 Å². The lowest BCUT2D eigenvalue weighted by Crippen LogP contribution is -2.34. The molecular weight excluding hydrogens is 142 g/mol. The highest BCUT2D eigenvalue weighted by Crippen LogP contribution is 2.40. The monoisotopic (exact) mass is 153 g/mol. The van der Waals surface area contributed by atoms with Crippen molar-refractivity contribution in [2.75, 3.05) is 6.54 Å². The first-order valence-electron chi connectivity index (χ1n) is 4.07. The summed E-state index contributed by atoms with van der Waals surface area (Å²) >= 11 is 0. The Morgan fingerprint density at radius 2 is 2.09 bits per heavy atom. The largest absolute Gasteiger partial charge is 0.355 e. The van der Waals surface area contributed by atoms with Crippen LogP contribution in [-0.2, 0) is 9.59 Å². The Morgan fingerprint density at radius 1 is 1.27 bits per heavy atom. The average molecular weight is 153 g/mol. The number of amides is 1. The minimum absolute atomic E-state index is 0.0278. The second-order valence-corrected chi connectivity index (χ2v) is 3.36. The van der Waals surface area contributed by atoms with Gasteiger partial charge in [0.15, 0.2) is 0 Å². The molecule has 1 heterocycles. The predicted octanol–water partition coefficient (Wildman–Crippen LogP) is 0.246. The Balaban J connectivity index is 2.33. The Labute approximate surface area is 65.2 Å². The summed E-state index contributed by atoms with van der Waals surface area (Å²) in [7, 11) is 0. The second-order valence-electron chi connectivity index (χ2n) is 3.36. The molecule has 0 unspecified atom stereocenters. The average Bonchev–Trinajstić information content (AvgIpc) is 2.48. The van der Waals surface area contributed by atoms with E-state index >= 15 is 0 Å². The van der Waals surface area contributed by atoms with Crippen molar-refractivity contribution < 1.29 is 9.59 Å². The normalized spacial score (nSPS) is 36.7. The molecule has 0 aromatic heterocycles. The van der Waals surface area contributed by atoms with Gasteiger partial charge in [-0.2, -0.15) is 0 Å². The van der Waals surface area contributed by atoms with Crippen LogP contribution in [0.1, 0.15) is 25.7 Å². The lowest BCUT2D eigenvalue weighted by Gasteiger charge is -2.15. The number of hydrogen-bond acceptors (Lipinski definition) is 2. The van der Waals surface area contributed by atoms with Crippen molar-refractivity contribution in [2.24, 2.45) is 5.41 Å². The molecular formula is C8H11NO2. The third kappa shape index (κ3) is 0.737. The van der Waals surface area contributed by atoms with Crippen LogP contribution in [0.4, 0.5) is 0 Å². The molecule has 60 valence electrons. The summed E-state index contributed by atoms with van der Waals surface area (Å²) in [5.74, 6) is 0.132. The number of hydrogen-bond donors (Lipinski definition) is 1. The third-order valence-electron chi connectivity index (χ3n) is 2.81. The van der Waals surface area contributed by atoms with Crippen LogP contribution in [0.25, 0.3) is 0 Å². The molecule has 1 atom stereocenters. The fourth-order valence-corrected chi connectivity index (χ4v) is 2.11. The van der Waals surface area contributed by atoms with Gasteiger partial charge in [-0.1, -0.05) is 0 Å². The van der Waals surface area contributed by atoms with Crippen LogP contribution in [0.15, 0.2) is 0 Å². The van der Waals surface area contributed by atoms with Crippen LogP contribution < -0.4 is 5.32 Å². The van der Waals surface area contributed by atoms with E-state index in [4.69, 9.17) is 0 Å². The van der Waals surface area contributed by atoms with Gasteiger partial charge in [-0.3, -0.25) is 9.59 Å². The van der Waals surface area contributed by atoms with Crippen LogP contribution >= 0.6 is 0 Å². The lowest BCUT2D eigenvalue weighted by molar-refractivity contribution is -0.137. The molecule has 11 heavy (non-hydrogen) atoms. The fourth-order valence-electron chi connectivity index (χ4n) is 2.11. The third-order valence-corrected chi connectivity index (χ3v) is 2.81. The summed E-state index contributed by atoms with van der Waals surface area (Å²) < 4.78 is 0. The Bertz CT molecular complexity index is 198. The van der Waals surface area contributed by atoms with E-state index in [9.17, 15) is 9.59 Å². The minimum Gasteiger partial charge on any atom is -0.355 e. The highest BCUT2D eigenvalue weighted by atomic mass is 16.2. The molecule has 1 N–H and O–H groups in total. The minimum atomic E-state index is -0.583. The summed E-state index contributed by atoms with van der Waals surface area (Å²) in [6, 6.07) is 0. The van der Waals surface area contributed by atoms with Gasteiger partial charge >= 0.3 is 0 Å². The molecule has 0 radical (unpaired) electrons. The molecule has 1 saturated carbocycles. The summed E-state index contributed by atoms with van der Waals surface area (Å²) in [5, 5.41) is 2.72. The Hall–Kier alpha value is -0.860. The summed E-state index contributed by atoms with van der Waals surface area (Å²) in [5.41, 5.74) is -0.583. The zero-order valence-electron chi connectivity index (χ0n) is 6.35. The Kier molecular flexibility index (Phi) is 1.28. The molecule has 1 aliphatic carbocycles. The lowest BCUT2D eigenvalue weighted by atomic mass is 9.84. The van der Waals surface area contributed by atoms with E-state index in [2.05, 4.69) is 5.32 Å². The molecule has 2 aliphatic rings. The summed E-state index contributed by atoms with van der Waals surface area (Å²) in [6.07, 6.45) is 3.00. The van der Waals surface area contributed by atoms with Gasteiger partial charge in [-0.05, 0) is 19.3 Å². The van der Waals surface area contributed by atoms with Gasteiger partial charge in [0.05, 0.1) is 0 Å². The molecule has 0 aromatic rings. The van der Waals surface area contributed by atoms with E-state index in [0.29, 0.717) is 13.0 Å². The number of carbonyl (C=O) groups is 2. The van der Waals surface area contributed by atoms with E-state index in [0.717, 1.165) is 19.3 Å². The molecule has 0 bridgehead atoms. The van der Waals surface area contributed by atoms with Crippen molar-refractivity contribution in [1.82, 2.24) is 5.32 Å². The number of rotatable bonds is 0. The molecule has 1 amide bonds. The van der Waals surface area contributed by atoms with Crippen LogP contribution in [0.5, 0.6) is 0 Å². The molecule has 0 aromatic carbocycles. The smallest absolute Gasteiger partial charge is 0.233 e. The quantitative estimate of drug-likeness (QED) is 0.507. The molecule has 3 heteroatoms. The van der Waals surface area contributed by atoms with Gasteiger partial charge in [0.2, 0.25) is 5.91 Å². The molecule has 2 rings (SSSR count). The first-order chi connectivity index (χ1) is 5.26. The molecule has 1 saturated heterocycles. The van der Waals surface area contributed by atoms with Crippen LogP contribution in [0.2, 0.25) is 0 Å². The van der Waals surface area contributed by atoms with Crippen LogP contribution in [-0.4, -0.2) is 18.2 Å². The molecule has 3 nitrogen and oxygen atoms in total. The topological polar surface area (TPSA) is 46.2 Å². The van der Waals surface area contributed by atoms with E-state index < -0.39 is 5.41 Å². The van der Waals surface area contributed by atoms with Crippen molar-refractivity contribution in [3.8, 4) is 0 Å². The van der Waals surface area contributed by atoms with Gasteiger partial charge < -0.3 is 5.32 Å². The zero-order valence-corrected chi connectivity index (χ0v) is 6.35. The molecule has 1 aliphatic heterocycles. The van der Waals surface area contributed by atoms with Crippen molar-refractivity contribution in [2.45, 2.75) is 25.7 Å².